The van der Waals surface area contributed by atoms with E-state index in [0.717, 1.165) is 6.42 Å². The molecule has 0 radical (unpaired) electrons. The molecule has 5 nitrogen and oxygen atoms in total. The smallest absolute Gasteiger partial charge is 0.239 e. The first kappa shape index (κ1) is 19.6. The third kappa shape index (κ3) is 7.12. The first-order valence-corrected chi connectivity index (χ1v) is 8.26. The number of hydrogen-bond donors (Lipinski definition) is 3. The van der Waals surface area contributed by atoms with Crippen LogP contribution in [-0.4, -0.2) is 48.3 Å². The van der Waals surface area contributed by atoms with Crippen molar-refractivity contribution in [1.82, 2.24) is 10.2 Å². The molecule has 0 spiro atoms. The molecule has 1 aromatic rings. The number of benzene rings is 1. The molecule has 1 rings (SSSR count). The monoisotopic (exact) mass is 321 g/mol. The first-order chi connectivity index (χ1) is 10.8. The summed E-state index contributed by atoms with van der Waals surface area (Å²) in [6.45, 7) is 4.13. The van der Waals surface area contributed by atoms with Gasteiger partial charge in [-0.3, -0.25) is 10.1 Å². The van der Waals surface area contributed by atoms with Crippen LogP contribution in [-0.2, 0) is 11.2 Å². The Hall–Kier alpha value is -1.43. The van der Waals surface area contributed by atoms with E-state index in [1.165, 1.54) is 5.56 Å². The van der Waals surface area contributed by atoms with Crippen LogP contribution in [0.25, 0.3) is 0 Å². The number of rotatable bonds is 9. The predicted octanol–water partition coefficient (Wildman–Crippen LogP) is 1.36. The zero-order valence-corrected chi connectivity index (χ0v) is 14.7. The van der Waals surface area contributed by atoms with Crippen molar-refractivity contribution in [2.75, 3.05) is 14.1 Å². The topological polar surface area (TPSA) is 78.6 Å². The lowest BCUT2D eigenvalue weighted by molar-refractivity contribution is -0.131. The van der Waals surface area contributed by atoms with Gasteiger partial charge in [-0.05, 0) is 30.7 Å². The van der Waals surface area contributed by atoms with Gasteiger partial charge < -0.3 is 15.7 Å². The van der Waals surface area contributed by atoms with Gasteiger partial charge in [-0.15, -0.1) is 0 Å². The number of amides is 1. The third-order valence-electron chi connectivity index (χ3n) is 3.83. The molecule has 0 aromatic heterocycles. The molecule has 23 heavy (non-hydrogen) atoms. The predicted molar refractivity (Wildman–Crippen MR) is 93.8 cm³/mol. The van der Waals surface area contributed by atoms with Crippen molar-refractivity contribution >= 4 is 5.91 Å². The Labute approximate surface area is 139 Å². The van der Waals surface area contributed by atoms with E-state index in [9.17, 15) is 9.90 Å². The number of nitrogens with two attached hydrogens (primary N) is 1. The molecule has 1 amide bonds. The van der Waals surface area contributed by atoms with E-state index in [-0.39, 0.29) is 11.9 Å². The zero-order chi connectivity index (χ0) is 17.4. The van der Waals surface area contributed by atoms with E-state index in [4.69, 9.17) is 5.73 Å². The van der Waals surface area contributed by atoms with Crippen molar-refractivity contribution in [3.8, 4) is 0 Å². The van der Waals surface area contributed by atoms with Gasteiger partial charge >= 0.3 is 0 Å². The van der Waals surface area contributed by atoms with E-state index in [0.29, 0.717) is 18.8 Å². The average Bonchev–Trinajstić information content (AvgIpc) is 2.51. The van der Waals surface area contributed by atoms with E-state index in [2.05, 4.69) is 19.2 Å². The lowest BCUT2D eigenvalue weighted by atomic mass is 10.0. The molecule has 130 valence electrons. The highest BCUT2D eigenvalue weighted by Gasteiger charge is 2.25. The van der Waals surface area contributed by atoms with Crippen molar-refractivity contribution in [3.05, 3.63) is 35.9 Å². The maximum Gasteiger partial charge on any atom is 0.239 e. The maximum atomic E-state index is 12.2. The standard InChI is InChI=1S/C18H31N3O2/c1-13(2)12-15(18(23)21(3)4)20-17(19)16(22)11-10-14-8-6-5-7-9-14/h5-9,13,15-17,20,22H,10-12,19H2,1-4H3/t15?,16-,17+/m1/s1. The van der Waals surface area contributed by atoms with Gasteiger partial charge in [0.1, 0.15) is 0 Å². The van der Waals surface area contributed by atoms with Crippen LogP contribution in [0.15, 0.2) is 30.3 Å². The van der Waals surface area contributed by atoms with Gasteiger partial charge in [0.25, 0.3) is 0 Å². The summed E-state index contributed by atoms with van der Waals surface area (Å²) < 4.78 is 0. The Morgan fingerprint density at radius 3 is 2.39 bits per heavy atom. The minimum absolute atomic E-state index is 0.00981. The molecule has 1 aromatic carbocycles. The number of aliphatic hydroxyl groups is 1. The molecule has 5 heteroatoms. The Balaban J connectivity index is 2.55. The molecule has 0 bridgehead atoms. The summed E-state index contributed by atoms with van der Waals surface area (Å²) in [5.41, 5.74) is 7.23. The van der Waals surface area contributed by atoms with Gasteiger partial charge in [0.05, 0.1) is 18.3 Å². The normalized spacial score (nSPS) is 15.3. The molecular weight excluding hydrogens is 290 g/mol. The molecular formula is C18H31N3O2. The number of nitrogens with one attached hydrogen (secondary N) is 1. The SMILES string of the molecule is CC(C)CC(N[C@H](N)[C@H](O)CCc1ccccc1)C(=O)N(C)C. The number of carbonyl (C=O) groups excluding carboxylic acids is 1. The summed E-state index contributed by atoms with van der Waals surface area (Å²) in [4.78, 5) is 13.8. The fourth-order valence-corrected chi connectivity index (χ4v) is 2.51. The average molecular weight is 321 g/mol. The maximum absolute atomic E-state index is 12.2. The van der Waals surface area contributed by atoms with Crippen LogP contribution >= 0.6 is 0 Å². The van der Waals surface area contributed by atoms with E-state index in [1.807, 2.05) is 30.3 Å². The molecule has 3 atom stereocenters. The van der Waals surface area contributed by atoms with Crippen LogP contribution in [0.2, 0.25) is 0 Å². The van der Waals surface area contributed by atoms with E-state index in [1.54, 1.807) is 19.0 Å². The first-order valence-electron chi connectivity index (χ1n) is 8.26. The van der Waals surface area contributed by atoms with Crippen molar-refractivity contribution < 1.29 is 9.90 Å². The number of aliphatic hydroxyl groups excluding tert-OH is 1. The summed E-state index contributed by atoms with van der Waals surface area (Å²) in [5, 5.41) is 13.4. The van der Waals surface area contributed by atoms with Crippen LogP contribution in [0.3, 0.4) is 0 Å². The minimum atomic E-state index is -0.695. The van der Waals surface area contributed by atoms with E-state index >= 15 is 0 Å². The minimum Gasteiger partial charge on any atom is -0.390 e. The Morgan fingerprint density at radius 2 is 1.87 bits per heavy atom. The molecule has 4 N–H and O–H groups in total. The molecule has 0 saturated carbocycles. The summed E-state index contributed by atoms with van der Waals surface area (Å²) in [6, 6.07) is 9.62. The third-order valence-corrected chi connectivity index (χ3v) is 3.83. The second-order valence-electron chi connectivity index (χ2n) is 6.70. The molecule has 0 fully saturated rings. The summed E-state index contributed by atoms with van der Waals surface area (Å²) in [7, 11) is 3.46. The Morgan fingerprint density at radius 1 is 1.26 bits per heavy atom. The van der Waals surface area contributed by atoms with Crippen LogP contribution in [0.5, 0.6) is 0 Å². The quantitative estimate of drug-likeness (QED) is 0.600. The van der Waals surface area contributed by atoms with Crippen LogP contribution in [0.4, 0.5) is 0 Å². The number of carbonyl (C=O) groups is 1. The largest absolute Gasteiger partial charge is 0.390 e. The highest BCUT2D eigenvalue weighted by molar-refractivity contribution is 5.81. The van der Waals surface area contributed by atoms with Crippen LogP contribution < -0.4 is 11.1 Å². The van der Waals surface area contributed by atoms with Crippen molar-refractivity contribution in [3.63, 3.8) is 0 Å². The molecule has 0 aliphatic carbocycles. The van der Waals surface area contributed by atoms with Gasteiger partial charge in [0, 0.05) is 14.1 Å². The van der Waals surface area contributed by atoms with Gasteiger partial charge in [-0.1, -0.05) is 44.2 Å². The van der Waals surface area contributed by atoms with Gasteiger partial charge in [0.15, 0.2) is 0 Å². The number of hydrogen-bond acceptors (Lipinski definition) is 4. The zero-order valence-electron chi connectivity index (χ0n) is 14.7. The van der Waals surface area contributed by atoms with Crippen LogP contribution in [0.1, 0.15) is 32.3 Å². The van der Waals surface area contributed by atoms with Gasteiger partial charge in [0.2, 0.25) is 5.91 Å². The molecule has 0 heterocycles. The van der Waals surface area contributed by atoms with E-state index < -0.39 is 12.3 Å². The number of nitrogens with zero attached hydrogens (tertiary/aromatic N) is 1. The highest BCUT2D eigenvalue weighted by atomic mass is 16.3. The molecule has 0 aliphatic rings. The van der Waals surface area contributed by atoms with Gasteiger partial charge in [-0.2, -0.15) is 0 Å². The van der Waals surface area contributed by atoms with Crippen molar-refractivity contribution in [2.45, 2.75) is 51.4 Å². The number of aryl methyl sites for hydroxylation is 1. The van der Waals surface area contributed by atoms with Gasteiger partial charge in [-0.25, -0.2) is 0 Å². The molecule has 1 unspecified atom stereocenters. The molecule has 0 saturated heterocycles. The van der Waals surface area contributed by atoms with Crippen molar-refractivity contribution in [1.29, 1.82) is 0 Å². The van der Waals surface area contributed by atoms with Crippen LogP contribution in [0, 0.1) is 5.92 Å². The second kappa shape index (κ2) is 9.65. The number of likely N-dealkylation sites (N-methyl/N-ethyl adjacent to an activating group) is 1. The summed E-state index contributed by atoms with van der Waals surface area (Å²) >= 11 is 0. The second-order valence-corrected chi connectivity index (χ2v) is 6.70. The Bertz CT molecular complexity index is 463. The lowest BCUT2D eigenvalue weighted by Gasteiger charge is -2.28. The highest BCUT2D eigenvalue weighted by Crippen LogP contribution is 2.10. The van der Waals surface area contributed by atoms with Crippen molar-refractivity contribution in [2.24, 2.45) is 11.7 Å². The summed E-state index contributed by atoms with van der Waals surface area (Å²) in [6.07, 6.45) is 0.693. The lowest BCUT2D eigenvalue weighted by Crippen LogP contribution is -2.56. The fraction of sp³-hybridized carbons (Fsp3) is 0.611. The fourth-order valence-electron chi connectivity index (χ4n) is 2.51. The summed E-state index contributed by atoms with van der Waals surface area (Å²) in [5.74, 6) is 0.356. The molecule has 0 aliphatic heterocycles. The Kier molecular flexibility index (Phi) is 8.23.